The second kappa shape index (κ2) is 10.1. The van der Waals surface area contributed by atoms with Gasteiger partial charge in [-0.1, -0.05) is 0 Å². The van der Waals surface area contributed by atoms with Crippen LogP contribution in [0.5, 0.6) is 0 Å². The molecule has 1 aliphatic rings. The van der Waals surface area contributed by atoms with Crippen molar-refractivity contribution in [3.8, 4) is 0 Å². The van der Waals surface area contributed by atoms with Gasteiger partial charge in [-0.25, -0.2) is 9.78 Å². The Morgan fingerprint density at radius 1 is 1.29 bits per heavy atom. The quantitative estimate of drug-likeness (QED) is 0.605. The number of piperidine rings is 1. The summed E-state index contributed by atoms with van der Waals surface area (Å²) >= 11 is 0. The molecule has 0 radical (unpaired) electrons. The minimum atomic E-state index is -0.663. The summed E-state index contributed by atoms with van der Waals surface area (Å²) in [6, 6.07) is 6.34. The van der Waals surface area contributed by atoms with Gasteiger partial charge >= 0.3 is 6.09 Å². The van der Waals surface area contributed by atoms with E-state index >= 15 is 0 Å². The Kier molecular flexibility index (Phi) is 7.22. The largest absolute Gasteiger partial charge is 0.450 e. The van der Waals surface area contributed by atoms with Gasteiger partial charge in [0.25, 0.3) is 5.91 Å². The molecule has 166 valence electrons. The Bertz CT molecular complexity index is 1000. The van der Waals surface area contributed by atoms with Gasteiger partial charge in [-0.2, -0.15) is 4.39 Å². The van der Waals surface area contributed by atoms with Gasteiger partial charge < -0.3 is 19.9 Å². The highest BCUT2D eigenvalue weighted by Crippen LogP contribution is 2.27. The Morgan fingerprint density at radius 3 is 2.68 bits per heavy atom. The number of pyridine rings is 2. The molecule has 3 N–H and O–H groups in total. The first kappa shape index (κ1) is 22.3. The molecule has 0 aromatic carbocycles. The van der Waals surface area contributed by atoms with E-state index in [2.05, 4.69) is 20.6 Å². The van der Waals surface area contributed by atoms with Crippen molar-refractivity contribution >= 4 is 23.5 Å². The number of carbonyl (C=O) groups is 2. The van der Waals surface area contributed by atoms with Gasteiger partial charge in [-0.3, -0.25) is 14.9 Å². The molecular weight excluding hydrogens is 405 g/mol. The van der Waals surface area contributed by atoms with Crippen molar-refractivity contribution in [2.75, 3.05) is 37.0 Å². The number of halogens is 1. The number of nitrogens with zero attached hydrogens (tertiary/aromatic N) is 2. The van der Waals surface area contributed by atoms with E-state index in [0.717, 1.165) is 18.4 Å². The average molecular weight is 431 g/mol. The average Bonchev–Trinajstić information content (AvgIpc) is 2.73. The Balaban J connectivity index is 1.60. The van der Waals surface area contributed by atoms with Gasteiger partial charge in [0, 0.05) is 26.2 Å². The maximum absolute atomic E-state index is 14.4. The summed E-state index contributed by atoms with van der Waals surface area (Å²) in [5.41, 5.74) is 0.936. The van der Waals surface area contributed by atoms with E-state index in [4.69, 9.17) is 4.74 Å². The zero-order valence-corrected chi connectivity index (χ0v) is 17.5. The lowest BCUT2D eigenvalue weighted by atomic mass is 9.90. The first-order valence-electron chi connectivity index (χ1n) is 10.2. The van der Waals surface area contributed by atoms with Crippen molar-refractivity contribution in [1.82, 2.24) is 15.3 Å². The van der Waals surface area contributed by atoms with Gasteiger partial charge in [0.15, 0.2) is 0 Å². The number of aromatic amines is 1. The molecule has 2 aromatic heterocycles. The van der Waals surface area contributed by atoms with Crippen LogP contribution in [-0.4, -0.2) is 48.7 Å². The summed E-state index contributed by atoms with van der Waals surface area (Å²) < 4.78 is 19.2. The van der Waals surface area contributed by atoms with Gasteiger partial charge in [0.1, 0.15) is 11.5 Å². The minimum Gasteiger partial charge on any atom is -0.450 e. The van der Waals surface area contributed by atoms with Crippen molar-refractivity contribution in [1.29, 1.82) is 0 Å². The molecule has 0 saturated carbocycles. The summed E-state index contributed by atoms with van der Waals surface area (Å²) in [4.78, 5) is 43.4. The van der Waals surface area contributed by atoms with Crippen LogP contribution in [-0.2, 0) is 11.2 Å². The Labute approximate surface area is 179 Å². The van der Waals surface area contributed by atoms with Crippen molar-refractivity contribution in [3.05, 3.63) is 51.8 Å². The van der Waals surface area contributed by atoms with Gasteiger partial charge in [-0.15, -0.1) is 0 Å². The number of anilines is 2. The van der Waals surface area contributed by atoms with Crippen LogP contribution in [0.25, 0.3) is 0 Å². The number of aromatic nitrogens is 2. The first-order valence-corrected chi connectivity index (χ1v) is 10.2. The smallest absolute Gasteiger partial charge is 0.412 e. The molecule has 10 heteroatoms. The zero-order chi connectivity index (χ0) is 22.4. The second-order valence-corrected chi connectivity index (χ2v) is 7.33. The fourth-order valence-corrected chi connectivity index (χ4v) is 3.69. The molecule has 3 heterocycles. The number of H-pyrrole nitrogens is 1. The van der Waals surface area contributed by atoms with Gasteiger partial charge in [-0.05, 0) is 55.9 Å². The fraction of sp³-hybridized carbons (Fsp3) is 0.429. The van der Waals surface area contributed by atoms with Crippen LogP contribution in [0.2, 0.25) is 0 Å². The van der Waals surface area contributed by atoms with Crippen LogP contribution in [0, 0.1) is 11.9 Å². The second-order valence-electron chi connectivity index (χ2n) is 7.33. The molecule has 0 spiro atoms. The fourth-order valence-electron chi connectivity index (χ4n) is 3.69. The summed E-state index contributed by atoms with van der Waals surface area (Å²) in [6.45, 7) is 3.21. The number of hydrogen-bond acceptors (Lipinski definition) is 6. The molecule has 0 atom stereocenters. The SMILES string of the molecule is CCOC(=O)Nc1cc(CC2CCN(c3ccc(C(=O)NC)nc3F)CC2)cc(=O)[nH]1. The molecule has 1 saturated heterocycles. The number of nitrogens with one attached hydrogen (secondary N) is 3. The molecule has 0 aliphatic carbocycles. The van der Waals surface area contributed by atoms with Crippen molar-refractivity contribution in [2.24, 2.45) is 5.92 Å². The van der Waals surface area contributed by atoms with E-state index in [1.165, 1.54) is 19.2 Å². The summed E-state index contributed by atoms with van der Waals surface area (Å²) in [5.74, 6) is -0.486. The van der Waals surface area contributed by atoms with E-state index in [1.54, 1.807) is 19.1 Å². The number of hydrogen-bond donors (Lipinski definition) is 3. The maximum atomic E-state index is 14.4. The van der Waals surface area contributed by atoms with Crippen molar-refractivity contribution in [3.63, 3.8) is 0 Å². The number of carbonyl (C=O) groups excluding carboxylic acids is 2. The standard InChI is InChI=1S/C21H26FN5O4/c1-3-31-21(30)26-17-11-14(12-18(28)25-17)10-13-6-8-27(9-7-13)16-5-4-15(20(29)23-2)24-19(16)22/h4-5,11-13H,3,6-10H2,1-2H3,(H,23,29)(H2,25,26,28,30). The molecular formula is C21H26FN5O4. The zero-order valence-electron chi connectivity index (χ0n) is 17.5. The summed E-state index contributed by atoms with van der Waals surface area (Å²) in [5, 5.41) is 4.94. The molecule has 2 aromatic rings. The van der Waals surface area contributed by atoms with Gasteiger partial charge in [0.2, 0.25) is 11.5 Å². The highest BCUT2D eigenvalue weighted by atomic mass is 19.1. The minimum absolute atomic E-state index is 0.0418. The van der Waals surface area contributed by atoms with Gasteiger partial charge in [0.05, 0.1) is 12.3 Å². The Morgan fingerprint density at radius 2 is 2.03 bits per heavy atom. The predicted octanol–water partition coefficient (Wildman–Crippen LogP) is 2.30. The summed E-state index contributed by atoms with van der Waals surface area (Å²) in [6.07, 6.45) is 1.67. The summed E-state index contributed by atoms with van der Waals surface area (Å²) in [7, 11) is 1.47. The van der Waals surface area contributed by atoms with E-state index in [-0.39, 0.29) is 17.9 Å². The number of amides is 2. The monoisotopic (exact) mass is 431 g/mol. The number of rotatable bonds is 6. The molecule has 3 rings (SSSR count). The number of ether oxygens (including phenoxy) is 1. The van der Waals surface area contributed by atoms with Crippen molar-refractivity contribution < 1.29 is 18.7 Å². The van der Waals surface area contributed by atoms with E-state index in [0.29, 0.717) is 36.9 Å². The lowest BCUT2D eigenvalue weighted by molar-refractivity contribution is 0.0957. The molecule has 9 nitrogen and oxygen atoms in total. The maximum Gasteiger partial charge on any atom is 0.412 e. The molecule has 0 unspecified atom stereocenters. The normalized spacial score (nSPS) is 14.2. The first-order chi connectivity index (χ1) is 14.9. The molecule has 2 amide bonds. The van der Waals surface area contributed by atoms with Crippen LogP contribution in [0.4, 0.5) is 20.7 Å². The third kappa shape index (κ3) is 5.80. The third-order valence-electron chi connectivity index (χ3n) is 5.18. The lowest BCUT2D eigenvalue weighted by Gasteiger charge is -2.33. The lowest BCUT2D eigenvalue weighted by Crippen LogP contribution is -2.35. The van der Waals surface area contributed by atoms with E-state index < -0.39 is 17.9 Å². The molecule has 1 fully saturated rings. The van der Waals surface area contributed by atoms with E-state index in [1.807, 2.05) is 4.90 Å². The van der Waals surface area contributed by atoms with Crippen LogP contribution in [0.15, 0.2) is 29.1 Å². The third-order valence-corrected chi connectivity index (χ3v) is 5.18. The molecule has 31 heavy (non-hydrogen) atoms. The Hall–Kier alpha value is -3.43. The van der Waals surface area contributed by atoms with E-state index in [9.17, 15) is 18.8 Å². The van der Waals surface area contributed by atoms with Crippen LogP contribution in [0.3, 0.4) is 0 Å². The van der Waals surface area contributed by atoms with Crippen molar-refractivity contribution in [2.45, 2.75) is 26.2 Å². The predicted molar refractivity (Wildman–Crippen MR) is 114 cm³/mol. The van der Waals surface area contributed by atoms with Crippen LogP contribution >= 0.6 is 0 Å². The highest BCUT2D eigenvalue weighted by Gasteiger charge is 2.23. The molecule has 0 bridgehead atoms. The molecule has 1 aliphatic heterocycles. The topological polar surface area (TPSA) is 116 Å². The van der Waals surface area contributed by atoms with Crippen LogP contribution in [0.1, 0.15) is 35.8 Å². The highest BCUT2D eigenvalue weighted by molar-refractivity contribution is 5.92. The van der Waals surface area contributed by atoms with Crippen LogP contribution < -0.4 is 21.1 Å².